The third-order valence-electron chi connectivity index (χ3n) is 2.57. The van der Waals surface area contributed by atoms with Crippen LogP contribution in [0.4, 0.5) is 8.78 Å². The zero-order valence-corrected chi connectivity index (χ0v) is 12.3. The average molecular weight is 312 g/mol. The molecule has 0 fully saturated rings. The van der Waals surface area contributed by atoms with Crippen molar-refractivity contribution < 1.29 is 17.2 Å². The number of rotatable bonds is 6. The molecule has 3 nitrogen and oxygen atoms in total. The molecule has 0 N–H and O–H groups in total. The van der Waals surface area contributed by atoms with Gasteiger partial charge in [0.25, 0.3) is 0 Å². The maximum Gasteiger partial charge on any atom is 0.246 e. The molecule has 19 heavy (non-hydrogen) atoms. The van der Waals surface area contributed by atoms with Crippen LogP contribution in [0.15, 0.2) is 23.1 Å². The summed E-state index contributed by atoms with van der Waals surface area (Å²) in [5, 5.41) is 0. The molecule has 0 bridgehead atoms. The molecule has 0 amide bonds. The van der Waals surface area contributed by atoms with Gasteiger partial charge in [-0.3, -0.25) is 0 Å². The molecule has 108 valence electrons. The van der Waals surface area contributed by atoms with E-state index < -0.39 is 26.6 Å². The van der Waals surface area contributed by atoms with Crippen molar-refractivity contribution in [3.63, 3.8) is 0 Å². The van der Waals surface area contributed by atoms with Crippen LogP contribution in [-0.4, -0.2) is 31.2 Å². The van der Waals surface area contributed by atoms with Crippen LogP contribution in [0.25, 0.3) is 0 Å². The first-order valence-corrected chi connectivity index (χ1v) is 7.81. The first-order valence-electron chi connectivity index (χ1n) is 5.83. The summed E-state index contributed by atoms with van der Waals surface area (Å²) in [6.45, 7) is 3.57. The molecule has 0 aromatic heterocycles. The molecule has 0 atom stereocenters. The molecule has 0 saturated heterocycles. The zero-order chi connectivity index (χ0) is 14.6. The van der Waals surface area contributed by atoms with E-state index in [1.807, 2.05) is 0 Å². The van der Waals surface area contributed by atoms with Gasteiger partial charge in [0.1, 0.15) is 16.5 Å². The molecule has 0 heterocycles. The van der Waals surface area contributed by atoms with Gasteiger partial charge in [-0.1, -0.05) is 0 Å². The quantitative estimate of drug-likeness (QED) is 0.757. The Hall–Kier alpha value is -0.720. The van der Waals surface area contributed by atoms with E-state index in [9.17, 15) is 17.2 Å². The second kappa shape index (κ2) is 6.63. The van der Waals surface area contributed by atoms with Gasteiger partial charge in [-0.25, -0.2) is 17.2 Å². The lowest BCUT2D eigenvalue weighted by Crippen LogP contribution is -2.38. The summed E-state index contributed by atoms with van der Waals surface area (Å²) in [5.74, 6) is -1.59. The van der Waals surface area contributed by atoms with Crippen LogP contribution >= 0.6 is 11.6 Å². The standard InChI is InChI=1S/C12H16ClF2NO2S/c1-9(2)16(7-3-6-13)19(17,18)12-5-4-10(14)8-11(12)15/h4-5,8-9H,3,6-7H2,1-2H3. The molecule has 0 unspecified atom stereocenters. The Labute approximate surface area is 117 Å². The van der Waals surface area contributed by atoms with E-state index in [-0.39, 0.29) is 12.6 Å². The van der Waals surface area contributed by atoms with Crippen LogP contribution in [0.2, 0.25) is 0 Å². The number of sulfonamides is 1. The van der Waals surface area contributed by atoms with Gasteiger partial charge in [-0.2, -0.15) is 4.31 Å². The monoisotopic (exact) mass is 311 g/mol. The fourth-order valence-corrected chi connectivity index (χ4v) is 3.52. The molecule has 1 rings (SSSR count). The maximum atomic E-state index is 13.6. The highest BCUT2D eigenvalue weighted by molar-refractivity contribution is 7.89. The normalized spacial score (nSPS) is 12.4. The van der Waals surface area contributed by atoms with Crippen molar-refractivity contribution in [3.05, 3.63) is 29.8 Å². The SMILES string of the molecule is CC(C)N(CCCCl)S(=O)(=O)c1ccc(F)cc1F. The fourth-order valence-electron chi connectivity index (χ4n) is 1.68. The second-order valence-corrected chi connectivity index (χ2v) is 6.56. The van der Waals surface area contributed by atoms with Crippen molar-refractivity contribution in [2.24, 2.45) is 0 Å². The summed E-state index contributed by atoms with van der Waals surface area (Å²) in [4.78, 5) is -0.517. The fraction of sp³-hybridized carbons (Fsp3) is 0.500. The van der Waals surface area contributed by atoms with Crippen LogP contribution in [0, 0.1) is 11.6 Å². The van der Waals surface area contributed by atoms with Gasteiger partial charge in [0, 0.05) is 24.5 Å². The predicted octanol–water partition coefficient (Wildman–Crippen LogP) is 2.99. The van der Waals surface area contributed by atoms with E-state index in [0.717, 1.165) is 16.4 Å². The third kappa shape index (κ3) is 3.87. The number of nitrogens with zero attached hydrogens (tertiary/aromatic N) is 1. The van der Waals surface area contributed by atoms with Crippen molar-refractivity contribution in [1.29, 1.82) is 0 Å². The summed E-state index contributed by atoms with van der Waals surface area (Å²) in [7, 11) is -3.99. The van der Waals surface area contributed by atoms with Crippen molar-refractivity contribution in [2.45, 2.75) is 31.2 Å². The van der Waals surface area contributed by atoms with Gasteiger partial charge in [-0.15, -0.1) is 11.6 Å². The Balaban J connectivity index is 3.19. The number of halogens is 3. The summed E-state index contributed by atoms with van der Waals surface area (Å²) in [6, 6.07) is 2.09. The van der Waals surface area contributed by atoms with Crippen LogP contribution in [0.3, 0.4) is 0 Å². The average Bonchev–Trinajstić information content (AvgIpc) is 2.27. The van der Waals surface area contributed by atoms with Crippen LogP contribution in [-0.2, 0) is 10.0 Å². The molecule has 0 aliphatic carbocycles. The van der Waals surface area contributed by atoms with Crippen LogP contribution in [0.1, 0.15) is 20.3 Å². The van der Waals surface area contributed by atoms with E-state index in [2.05, 4.69) is 0 Å². The first kappa shape index (κ1) is 16.3. The molecular formula is C12H16ClF2NO2S. The van der Waals surface area contributed by atoms with E-state index in [1.54, 1.807) is 13.8 Å². The Morgan fingerprint density at radius 2 is 1.95 bits per heavy atom. The van der Waals surface area contributed by atoms with Gasteiger partial charge >= 0.3 is 0 Å². The number of hydrogen-bond acceptors (Lipinski definition) is 2. The second-order valence-electron chi connectivity index (χ2n) is 4.33. The summed E-state index contributed by atoms with van der Waals surface area (Å²) >= 11 is 5.55. The molecule has 0 saturated carbocycles. The smallest absolute Gasteiger partial charge is 0.207 e. The van der Waals surface area contributed by atoms with Crippen molar-refractivity contribution in [2.75, 3.05) is 12.4 Å². The van der Waals surface area contributed by atoms with Crippen LogP contribution < -0.4 is 0 Å². The highest BCUT2D eigenvalue weighted by atomic mass is 35.5. The molecule has 0 spiro atoms. The lowest BCUT2D eigenvalue weighted by molar-refractivity contribution is 0.352. The summed E-state index contributed by atoms with van der Waals surface area (Å²) in [5.41, 5.74) is 0. The molecular weight excluding hydrogens is 296 g/mol. The van der Waals surface area contributed by atoms with Gasteiger partial charge in [-0.05, 0) is 32.4 Å². The molecule has 1 aromatic carbocycles. The molecule has 0 aliphatic heterocycles. The van der Waals surface area contributed by atoms with Gasteiger partial charge in [0.2, 0.25) is 10.0 Å². The number of alkyl halides is 1. The van der Waals surface area contributed by atoms with E-state index >= 15 is 0 Å². The maximum absolute atomic E-state index is 13.6. The minimum atomic E-state index is -3.99. The highest BCUT2D eigenvalue weighted by Crippen LogP contribution is 2.22. The Kier molecular flexibility index (Phi) is 5.70. The van der Waals surface area contributed by atoms with Crippen LogP contribution in [0.5, 0.6) is 0 Å². The molecule has 0 aliphatic rings. The first-order chi connectivity index (χ1) is 8.80. The van der Waals surface area contributed by atoms with E-state index in [4.69, 9.17) is 11.6 Å². The Bertz CT molecular complexity index is 535. The highest BCUT2D eigenvalue weighted by Gasteiger charge is 2.29. The Morgan fingerprint density at radius 1 is 1.32 bits per heavy atom. The summed E-state index contributed by atoms with van der Waals surface area (Å²) in [6.07, 6.45) is 0.460. The third-order valence-corrected chi connectivity index (χ3v) is 4.94. The topological polar surface area (TPSA) is 37.4 Å². The van der Waals surface area contributed by atoms with E-state index in [0.29, 0.717) is 18.4 Å². The molecule has 7 heteroatoms. The van der Waals surface area contributed by atoms with Crippen molar-refractivity contribution >= 4 is 21.6 Å². The van der Waals surface area contributed by atoms with Gasteiger partial charge in [0.05, 0.1) is 0 Å². The van der Waals surface area contributed by atoms with Gasteiger partial charge in [0.15, 0.2) is 0 Å². The predicted molar refractivity (Wildman–Crippen MR) is 70.7 cm³/mol. The number of benzene rings is 1. The van der Waals surface area contributed by atoms with Crippen molar-refractivity contribution in [1.82, 2.24) is 4.31 Å². The number of hydrogen-bond donors (Lipinski definition) is 0. The van der Waals surface area contributed by atoms with Crippen molar-refractivity contribution in [3.8, 4) is 0 Å². The largest absolute Gasteiger partial charge is 0.246 e. The molecule has 1 aromatic rings. The molecule has 0 radical (unpaired) electrons. The lowest BCUT2D eigenvalue weighted by Gasteiger charge is -2.25. The van der Waals surface area contributed by atoms with E-state index in [1.165, 1.54) is 0 Å². The summed E-state index contributed by atoms with van der Waals surface area (Å²) < 4.78 is 52.3. The minimum absolute atomic E-state index is 0.195. The zero-order valence-electron chi connectivity index (χ0n) is 10.7. The minimum Gasteiger partial charge on any atom is -0.207 e. The van der Waals surface area contributed by atoms with Gasteiger partial charge < -0.3 is 0 Å². The lowest BCUT2D eigenvalue weighted by atomic mass is 10.3. The Morgan fingerprint density at radius 3 is 2.42 bits per heavy atom.